The van der Waals surface area contributed by atoms with Crippen LogP contribution in [0.4, 0.5) is 5.69 Å². The van der Waals surface area contributed by atoms with Crippen LogP contribution in [0.25, 0.3) is 0 Å². The number of nitrogens with one attached hydrogen (secondary N) is 1. The fourth-order valence-corrected chi connectivity index (χ4v) is 2.88. The van der Waals surface area contributed by atoms with Crippen LogP contribution in [-0.4, -0.2) is 21.9 Å². The van der Waals surface area contributed by atoms with Gasteiger partial charge in [-0.3, -0.25) is 4.79 Å². The van der Waals surface area contributed by atoms with Gasteiger partial charge in [-0.05, 0) is 36.2 Å². The number of hydrogen-bond acceptors (Lipinski definition) is 5. The molecule has 0 aliphatic heterocycles. The molecule has 1 heterocycles. The molecule has 128 valence electrons. The first-order chi connectivity index (χ1) is 12.1. The lowest BCUT2D eigenvalue weighted by atomic mass is 10.1. The van der Waals surface area contributed by atoms with Crippen molar-refractivity contribution in [3.8, 4) is 0 Å². The summed E-state index contributed by atoms with van der Waals surface area (Å²) in [6, 6.07) is 15.1. The zero-order valence-corrected chi connectivity index (χ0v) is 15.1. The number of benzene rings is 2. The van der Waals surface area contributed by atoms with Gasteiger partial charge in [0.15, 0.2) is 0 Å². The molecule has 2 aromatic carbocycles. The number of hydrogen-bond donors (Lipinski definition) is 1. The molecule has 1 N–H and O–H groups in total. The van der Waals surface area contributed by atoms with E-state index in [9.17, 15) is 4.79 Å². The molecule has 0 aliphatic carbocycles. The molecular weight excluding hydrogens is 358 g/mol. The highest BCUT2D eigenvalue weighted by Gasteiger charge is 2.11. The molecule has 5 nitrogen and oxygen atoms in total. The molecule has 0 radical (unpaired) electrons. The van der Waals surface area contributed by atoms with Crippen molar-refractivity contribution in [1.29, 1.82) is 0 Å². The number of para-hydroxylation sites is 1. The van der Waals surface area contributed by atoms with E-state index in [1.54, 1.807) is 0 Å². The van der Waals surface area contributed by atoms with Crippen molar-refractivity contribution in [2.24, 2.45) is 0 Å². The maximum atomic E-state index is 12.0. The average molecular weight is 374 g/mol. The molecule has 3 aromatic rings. The number of aromatic nitrogens is 2. The number of aryl methyl sites for hydroxylation is 1. The van der Waals surface area contributed by atoms with Gasteiger partial charge in [0, 0.05) is 10.7 Å². The quantitative estimate of drug-likeness (QED) is 0.650. The van der Waals surface area contributed by atoms with Crippen molar-refractivity contribution in [2.75, 3.05) is 11.1 Å². The molecule has 1 aromatic heterocycles. The Morgan fingerprint density at radius 1 is 1.16 bits per heavy atom. The van der Waals surface area contributed by atoms with Crippen molar-refractivity contribution in [3.05, 3.63) is 70.6 Å². The maximum absolute atomic E-state index is 12.0. The van der Waals surface area contributed by atoms with E-state index in [0.29, 0.717) is 22.6 Å². The summed E-state index contributed by atoms with van der Waals surface area (Å²) in [5.41, 5.74) is 2.85. The zero-order valence-electron chi connectivity index (χ0n) is 13.5. The summed E-state index contributed by atoms with van der Waals surface area (Å²) in [7, 11) is 0. The van der Waals surface area contributed by atoms with Crippen LogP contribution in [0.5, 0.6) is 0 Å². The molecular formula is C18H16ClN3O2S. The van der Waals surface area contributed by atoms with Gasteiger partial charge in [0.2, 0.25) is 11.8 Å². The van der Waals surface area contributed by atoms with Gasteiger partial charge in [-0.2, -0.15) is 0 Å². The number of rotatable bonds is 6. The second-order valence-corrected chi connectivity index (χ2v) is 6.78. The Morgan fingerprint density at radius 2 is 1.92 bits per heavy atom. The third-order valence-corrected chi connectivity index (χ3v) is 4.53. The van der Waals surface area contributed by atoms with E-state index < -0.39 is 0 Å². The summed E-state index contributed by atoms with van der Waals surface area (Å²) in [5, 5.41) is 11.9. The van der Waals surface area contributed by atoms with Gasteiger partial charge in [0.1, 0.15) is 0 Å². The van der Waals surface area contributed by atoms with E-state index in [4.69, 9.17) is 16.0 Å². The molecule has 1 amide bonds. The number of carbonyl (C=O) groups is 1. The molecule has 0 saturated heterocycles. The molecule has 0 atom stereocenters. The van der Waals surface area contributed by atoms with Crippen LogP contribution < -0.4 is 5.32 Å². The Kier molecular flexibility index (Phi) is 5.73. The number of thioether (sulfide) groups is 1. The molecule has 3 rings (SSSR count). The highest BCUT2D eigenvalue weighted by atomic mass is 35.5. The Bertz CT molecular complexity index is 865. The summed E-state index contributed by atoms with van der Waals surface area (Å²) >= 11 is 7.08. The Labute approximate surface area is 154 Å². The number of carbonyl (C=O) groups excluding carboxylic acids is 1. The van der Waals surface area contributed by atoms with Crippen molar-refractivity contribution < 1.29 is 9.21 Å². The zero-order chi connectivity index (χ0) is 17.6. The molecule has 0 bridgehead atoms. The Balaban J connectivity index is 1.52. The lowest BCUT2D eigenvalue weighted by molar-refractivity contribution is -0.113. The summed E-state index contributed by atoms with van der Waals surface area (Å²) in [4.78, 5) is 12.0. The van der Waals surface area contributed by atoms with Crippen molar-refractivity contribution in [3.63, 3.8) is 0 Å². The van der Waals surface area contributed by atoms with Gasteiger partial charge in [-0.25, -0.2) is 0 Å². The van der Waals surface area contributed by atoms with Gasteiger partial charge in [0.25, 0.3) is 5.22 Å². The van der Waals surface area contributed by atoms with E-state index in [1.807, 2.05) is 55.5 Å². The smallest absolute Gasteiger partial charge is 0.277 e. The van der Waals surface area contributed by atoms with Crippen LogP contribution in [0.2, 0.25) is 5.02 Å². The highest BCUT2D eigenvalue weighted by molar-refractivity contribution is 7.99. The van der Waals surface area contributed by atoms with Crippen molar-refractivity contribution in [2.45, 2.75) is 18.6 Å². The number of halogens is 1. The van der Waals surface area contributed by atoms with E-state index >= 15 is 0 Å². The first-order valence-corrected chi connectivity index (χ1v) is 9.01. The van der Waals surface area contributed by atoms with Crippen molar-refractivity contribution >= 4 is 35.0 Å². The number of nitrogens with zero attached hydrogens (tertiary/aromatic N) is 2. The van der Waals surface area contributed by atoms with Crippen molar-refractivity contribution in [1.82, 2.24) is 10.2 Å². The number of amides is 1. The van der Waals surface area contributed by atoms with E-state index in [2.05, 4.69) is 15.5 Å². The minimum atomic E-state index is -0.114. The van der Waals surface area contributed by atoms with E-state index in [0.717, 1.165) is 16.8 Å². The second kappa shape index (κ2) is 8.18. The molecule has 0 fully saturated rings. The van der Waals surface area contributed by atoms with Gasteiger partial charge >= 0.3 is 0 Å². The first-order valence-electron chi connectivity index (χ1n) is 7.65. The summed E-state index contributed by atoms with van der Waals surface area (Å²) in [6.07, 6.45) is 0.528. The van der Waals surface area contributed by atoms with Crippen LogP contribution in [0, 0.1) is 6.92 Å². The minimum Gasteiger partial charge on any atom is -0.416 e. The maximum Gasteiger partial charge on any atom is 0.277 e. The molecule has 0 saturated carbocycles. The Hall–Kier alpha value is -2.31. The molecule has 25 heavy (non-hydrogen) atoms. The van der Waals surface area contributed by atoms with Crippen LogP contribution >= 0.6 is 23.4 Å². The molecule has 0 unspecified atom stereocenters. The third kappa shape index (κ3) is 5.08. The van der Waals surface area contributed by atoms with Gasteiger partial charge in [-0.15, -0.1) is 10.2 Å². The number of anilines is 1. The predicted octanol–water partition coefficient (Wildman–Crippen LogP) is 4.35. The molecule has 0 aliphatic rings. The summed E-state index contributed by atoms with van der Waals surface area (Å²) in [6.45, 7) is 1.95. The van der Waals surface area contributed by atoms with Gasteiger partial charge < -0.3 is 9.73 Å². The second-order valence-electron chi connectivity index (χ2n) is 5.42. The minimum absolute atomic E-state index is 0.114. The van der Waals surface area contributed by atoms with Crippen LogP contribution in [0.15, 0.2) is 58.2 Å². The molecule has 7 heteroatoms. The average Bonchev–Trinajstić information content (AvgIpc) is 3.05. The normalized spacial score (nSPS) is 10.6. The van der Waals surface area contributed by atoms with Crippen LogP contribution in [-0.2, 0) is 11.2 Å². The third-order valence-electron chi connectivity index (χ3n) is 3.46. The SMILES string of the molecule is Cc1ccccc1NC(=O)CSc1nnc(Cc2ccc(Cl)cc2)o1. The first kappa shape index (κ1) is 17.5. The monoisotopic (exact) mass is 373 g/mol. The standard InChI is InChI=1S/C18H16ClN3O2S/c1-12-4-2-3-5-15(12)20-16(23)11-25-18-22-21-17(24-18)10-13-6-8-14(19)9-7-13/h2-9H,10-11H2,1H3,(H,20,23). The predicted molar refractivity (Wildman–Crippen MR) is 99.1 cm³/mol. The topological polar surface area (TPSA) is 68.0 Å². The van der Waals surface area contributed by atoms with Crippen LogP contribution in [0.1, 0.15) is 17.0 Å². The largest absolute Gasteiger partial charge is 0.416 e. The lowest BCUT2D eigenvalue weighted by Gasteiger charge is -2.06. The fraction of sp³-hybridized carbons (Fsp3) is 0.167. The fourth-order valence-electron chi connectivity index (χ4n) is 2.17. The Morgan fingerprint density at radius 3 is 2.68 bits per heavy atom. The molecule has 0 spiro atoms. The summed E-state index contributed by atoms with van der Waals surface area (Å²) in [5.74, 6) is 0.595. The van der Waals surface area contributed by atoms with Gasteiger partial charge in [0.05, 0.1) is 12.2 Å². The summed E-state index contributed by atoms with van der Waals surface area (Å²) < 4.78 is 5.57. The van der Waals surface area contributed by atoms with E-state index in [1.165, 1.54) is 11.8 Å². The van der Waals surface area contributed by atoms with Crippen LogP contribution in [0.3, 0.4) is 0 Å². The lowest BCUT2D eigenvalue weighted by Crippen LogP contribution is -2.14. The van der Waals surface area contributed by atoms with E-state index in [-0.39, 0.29) is 11.7 Å². The van der Waals surface area contributed by atoms with Gasteiger partial charge in [-0.1, -0.05) is 53.7 Å². The highest BCUT2D eigenvalue weighted by Crippen LogP contribution is 2.20.